The highest BCUT2D eigenvalue weighted by atomic mass is 16.5. The summed E-state index contributed by atoms with van der Waals surface area (Å²) in [7, 11) is 1.59. The fourth-order valence-electron chi connectivity index (χ4n) is 1.31. The van der Waals surface area contributed by atoms with Gasteiger partial charge in [0.15, 0.2) is 0 Å². The zero-order valence-corrected chi connectivity index (χ0v) is 9.27. The molecule has 0 aromatic heterocycles. The maximum Gasteiger partial charge on any atom is 0.337 e. The first-order chi connectivity index (χ1) is 7.54. The average Bonchev–Trinajstić information content (AvgIpc) is 2.17. The van der Waals surface area contributed by atoms with Gasteiger partial charge in [0.25, 0.3) is 0 Å². The van der Waals surface area contributed by atoms with Crippen LogP contribution < -0.4 is 10.5 Å². The Hall–Kier alpha value is -1.75. The summed E-state index contributed by atoms with van der Waals surface area (Å²) >= 11 is 0. The molecule has 0 fully saturated rings. The Balaban J connectivity index is 2.77. The van der Waals surface area contributed by atoms with E-state index in [0.717, 1.165) is 0 Å². The first-order valence-electron chi connectivity index (χ1n) is 4.83. The summed E-state index contributed by atoms with van der Waals surface area (Å²) in [6, 6.07) is 4.49. The smallest absolute Gasteiger partial charge is 0.337 e. The zero-order valence-electron chi connectivity index (χ0n) is 9.27. The summed E-state index contributed by atoms with van der Waals surface area (Å²) in [5, 5.41) is 8.78. The molecular formula is C11H15NO4. The Kier molecular flexibility index (Phi) is 4.13. The number of hydrogen-bond donors (Lipinski definition) is 2. The molecule has 0 aliphatic heterocycles. The Bertz CT molecular complexity index is 378. The van der Waals surface area contributed by atoms with Crippen LogP contribution in [0.15, 0.2) is 18.2 Å². The molecule has 0 aliphatic carbocycles. The topological polar surface area (TPSA) is 81.8 Å². The molecule has 0 saturated carbocycles. The molecule has 5 nitrogen and oxygen atoms in total. The Morgan fingerprint density at radius 1 is 1.56 bits per heavy atom. The first kappa shape index (κ1) is 12.3. The molecule has 16 heavy (non-hydrogen) atoms. The maximum atomic E-state index is 10.7. The highest BCUT2D eigenvalue weighted by Gasteiger charge is 2.10. The molecule has 88 valence electrons. The van der Waals surface area contributed by atoms with E-state index in [9.17, 15) is 4.79 Å². The molecule has 0 saturated heterocycles. The van der Waals surface area contributed by atoms with Gasteiger partial charge in [0.05, 0.1) is 12.2 Å². The number of anilines is 1. The molecule has 0 heterocycles. The largest absolute Gasteiger partial charge is 0.488 e. The highest BCUT2D eigenvalue weighted by molar-refractivity contribution is 5.93. The van der Waals surface area contributed by atoms with E-state index < -0.39 is 5.97 Å². The van der Waals surface area contributed by atoms with Crippen molar-refractivity contribution in [3.63, 3.8) is 0 Å². The third-order valence-electron chi connectivity index (χ3n) is 1.99. The van der Waals surface area contributed by atoms with Crippen LogP contribution in [0.2, 0.25) is 0 Å². The lowest BCUT2D eigenvalue weighted by molar-refractivity contribution is 0.0698. The number of carboxylic acid groups (broad SMARTS) is 1. The number of benzene rings is 1. The van der Waals surface area contributed by atoms with Crippen LogP contribution in [0.25, 0.3) is 0 Å². The summed E-state index contributed by atoms with van der Waals surface area (Å²) in [6.45, 7) is 2.31. The van der Waals surface area contributed by atoms with E-state index in [2.05, 4.69) is 0 Å². The number of aromatic carboxylic acids is 1. The fourth-order valence-corrected chi connectivity index (χ4v) is 1.31. The number of carboxylic acids is 1. The van der Waals surface area contributed by atoms with Gasteiger partial charge in [0.1, 0.15) is 11.9 Å². The van der Waals surface area contributed by atoms with Gasteiger partial charge in [-0.2, -0.15) is 0 Å². The van der Waals surface area contributed by atoms with Gasteiger partial charge >= 0.3 is 5.97 Å². The fraction of sp³-hybridized carbons (Fsp3) is 0.364. The van der Waals surface area contributed by atoms with E-state index >= 15 is 0 Å². The molecule has 0 radical (unpaired) electrons. The normalized spacial score (nSPS) is 12.1. The number of hydrogen-bond acceptors (Lipinski definition) is 4. The number of nitrogen functional groups attached to an aromatic ring is 1. The predicted octanol–water partition coefficient (Wildman–Crippen LogP) is 1.38. The summed E-state index contributed by atoms with van der Waals surface area (Å²) in [6.07, 6.45) is -0.111. The molecule has 0 amide bonds. The molecule has 5 heteroatoms. The zero-order chi connectivity index (χ0) is 12.1. The quantitative estimate of drug-likeness (QED) is 0.740. The molecule has 0 bridgehead atoms. The maximum absolute atomic E-state index is 10.7. The molecule has 1 unspecified atom stereocenters. The minimum Gasteiger partial charge on any atom is -0.488 e. The van der Waals surface area contributed by atoms with Crippen LogP contribution in [0.4, 0.5) is 5.69 Å². The van der Waals surface area contributed by atoms with Gasteiger partial charge < -0.3 is 20.3 Å². The van der Waals surface area contributed by atoms with E-state index in [1.54, 1.807) is 13.2 Å². The van der Waals surface area contributed by atoms with Crippen LogP contribution in [-0.4, -0.2) is 30.9 Å². The molecule has 1 atom stereocenters. The van der Waals surface area contributed by atoms with Crippen molar-refractivity contribution in [2.75, 3.05) is 19.5 Å². The predicted molar refractivity (Wildman–Crippen MR) is 59.8 cm³/mol. The van der Waals surface area contributed by atoms with E-state index in [4.69, 9.17) is 20.3 Å². The summed E-state index contributed by atoms with van der Waals surface area (Å²) in [5.74, 6) is -0.513. The van der Waals surface area contributed by atoms with Gasteiger partial charge in [0.2, 0.25) is 0 Å². The molecule has 3 N–H and O–H groups in total. The summed E-state index contributed by atoms with van der Waals surface area (Å²) in [4.78, 5) is 10.7. The van der Waals surface area contributed by atoms with E-state index in [0.29, 0.717) is 12.4 Å². The monoisotopic (exact) mass is 225 g/mol. The molecule has 0 aliphatic rings. The third kappa shape index (κ3) is 3.13. The van der Waals surface area contributed by atoms with Crippen molar-refractivity contribution in [2.45, 2.75) is 13.0 Å². The lowest BCUT2D eigenvalue weighted by Crippen LogP contribution is -2.18. The molecule has 1 aromatic carbocycles. The van der Waals surface area contributed by atoms with Gasteiger partial charge in [-0.15, -0.1) is 0 Å². The molecule has 1 aromatic rings. The number of ether oxygens (including phenoxy) is 2. The van der Waals surface area contributed by atoms with Crippen LogP contribution in [0, 0.1) is 0 Å². The van der Waals surface area contributed by atoms with Gasteiger partial charge in [-0.05, 0) is 19.1 Å². The second kappa shape index (κ2) is 5.37. The summed E-state index contributed by atoms with van der Waals surface area (Å²) < 4.78 is 10.4. The van der Waals surface area contributed by atoms with Gasteiger partial charge in [0, 0.05) is 18.9 Å². The van der Waals surface area contributed by atoms with Crippen molar-refractivity contribution in [3.8, 4) is 5.75 Å². The lowest BCUT2D eigenvalue weighted by atomic mass is 10.2. The molecular weight excluding hydrogens is 210 g/mol. The standard InChI is InChI=1S/C11H15NO4/c1-7(6-15-2)16-8-3-4-9(11(13)14)10(12)5-8/h3-5,7H,6,12H2,1-2H3,(H,13,14). The van der Waals surface area contributed by atoms with Crippen molar-refractivity contribution in [2.24, 2.45) is 0 Å². The van der Waals surface area contributed by atoms with Crippen LogP contribution in [-0.2, 0) is 4.74 Å². The second-order valence-electron chi connectivity index (χ2n) is 3.44. The number of nitrogens with two attached hydrogens (primary N) is 1. The van der Waals surface area contributed by atoms with Crippen molar-refractivity contribution < 1.29 is 19.4 Å². The lowest BCUT2D eigenvalue weighted by Gasteiger charge is -2.14. The van der Waals surface area contributed by atoms with Crippen LogP contribution in [0.5, 0.6) is 5.75 Å². The minimum atomic E-state index is -1.05. The molecule has 0 spiro atoms. The van der Waals surface area contributed by atoms with Crippen molar-refractivity contribution in [3.05, 3.63) is 23.8 Å². The van der Waals surface area contributed by atoms with Crippen LogP contribution in [0.1, 0.15) is 17.3 Å². The van der Waals surface area contributed by atoms with E-state index in [1.165, 1.54) is 12.1 Å². The van der Waals surface area contributed by atoms with Crippen molar-refractivity contribution in [1.29, 1.82) is 0 Å². The Morgan fingerprint density at radius 3 is 2.75 bits per heavy atom. The minimum absolute atomic E-state index is 0.0757. The van der Waals surface area contributed by atoms with E-state index in [-0.39, 0.29) is 17.4 Å². The molecule has 1 rings (SSSR count). The Labute approximate surface area is 93.8 Å². The van der Waals surface area contributed by atoms with Crippen LogP contribution >= 0.6 is 0 Å². The van der Waals surface area contributed by atoms with Gasteiger partial charge in [-0.25, -0.2) is 4.79 Å². The van der Waals surface area contributed by atoms with E-state index in [1.807, 2.05) is 6.92 Å². The van der Waals surface area contributed by atoms with Crippen molar-refractivity contribution >= 4 is 11.7 Å². The summed E-state index contributed by atoms with van der Waals surface area (Å²) in [5.41, 5.74) is 5.85. The number of methoxy groups -OCH3 is 1. The Morgan fingerprint density at radius 2 is 2.25 bits per heavy atom. The highest BCUT2D eigenvalue weighted by Crippen LogP contribution is 2.20. The van der Waals surface area contributed by atoms with Crippen LogP contribution in [0.3, 0.4) is 0 Å². The SMILES string of the molecule is COCC(C)Oc1ccc(C(=O)O)c(N)c1. The van der Waals surface area contributed by atoms with Gasteiger partial charge in [-0.1, -0.05) is 0 Å². The third-order valence-corrected chi connectivity index (χ3v) is 1.99. The number of carbonyl (C=O) groups is 1. The van der Waals surface area contributed by atoms with Crippen molar-refractivity contribution in [1.82, 2.24) is 0 Å². The first-order valence-corrected chi connectivity index (χ1v) is 4.83. The average molecular weight is 225 g/mol. The second-order valence-corrected chi connectivity index (χ2v) is 3.44. The number of rotatable bonds is 5. The van der Waals surface area contributed by atoms with Gasteiger partial charge in [-0.3, -0.25) is 0 Å².